The number of benzene rings is 1. The number of nitrogens with zero attached hydrogens (tertiary/aromatic N) is 3. The summed E-state index contributed by atoms with van der Waals surface area (Å²) < 4.78 is 12.9. The van der Waals surface area contributed by atoms with Crippen molar-refractivity contribution in [1.82, 2.24) is 9.88 Å². The molecule has 1 aromatic carbocycles. The van der Waals surface area contributed by atoms with Gasteiger partial charge in [0, 0.05) is 44.4 Å². The van der Waals surface area contributed by atoms with E-state index in [1.165, 1.54) is 17.8 Å². The Labute approximate surface area is 141 Å². The van der Waals surface area contributed by atoms with Crippen molar-refractivity contribution in [2.45, 2.75) is 12.8 Å². The zero-order valence-corrected chi connectivity index (χ0v) is 13.7. The number of ketones is 1. The molecule has 5 heteroatoms. The molecule has 24 heavy (non-hydrogen) atoms. The highest BCUT2D eigenvalue weighted by Gasteiger charge is 2.17. The smallest absolute Gasteiger partial charge is 0.162 e. The van der Waals surface area contributed by atoms with Crippen LogP contribution in [-0.2, 0) is 0 Å². The van der Waals surface area contributed by atoms with E-state index in [1.54, 1.807) is 18.3 Å². The highest BCUT2D eigenvalue weighted by molar-refractivity contribution is 5.95. The fourth-order valence-electron chi connectivity index (χ4n) is 3.01. The minimum atomic E-state index is -0.307. The van der Waals surface area contributed by atoms with Crippen LogP contribution in [0.15, 0.2) is 48.8 Å². The molecule has 4 nitrogen and oxygen atoms in total. The number of hydrogen-bond donors (Lipinski definition) is 0. The van der Waals surface area contributed by atoms with Crippen LogP contribution in [0.25, 0.3) is 0 Å². The van der Waals surface area contributed by atoms with Crippen LogP contribution in [0.3, 0.4) is 0 Å². The molecule has 0 radical (unpaired) electrons. The van der Waals surface area contributed by atoms with Crippen LogP contribution in [0.5, 0.6) is 0 Å². The second-order valence-electron chi connectivity index (χ2n) is 6.07. The Bertz CT molecular complexity index is 652. The minimum Gasteiger partial charge on any atom is -0.368 e. The van der Waals surface area contributed by atoms with Gasteiger partial charge >= 0.3 is 0 Å². The minimum absolute atomic E-state index is 0.0870. The average Bonchev–Trinajstić information content (AvgIpc) is 2.63. The highest BCUT2D eigenvalue weighted by Crippen LogP contribution is 2.15. The van der Waals surface area contributed by atoms with E-state index in [4.69, 9.17) is 0 Å². The monoisotopic (exact) mass is 327 g/mol. The van der Waals surface area contributed by atoms with E-state index in [0.717, 1.165) is 39.1 Å². The number of carbonyl (C=O) groups is 1. The SMILES string of the molecule is O=C(CCCN1CCN(c2cccnc2)CC1)c1ccc(F)cc1. The van der Waals surface area contributed by atoms with Crippen molar-refractivity contribution in [2.75, 3.05) is 37.6 Å². The fraction of sp³-hybridized carbons (Fsp3) is 0.368. The quantitative estimate of drug-likeness (QED) is 0.764. The van der Waals surface area contributed by atoms with Crippen molar-refractivity contribution in [1.29, 1.82) is 0 Å². The number of piperazine rings is 1. The second kappa shape index (κ2) is 8.02. The van der Waals surface area contributed by atoms with Crippen LogP contribution in [0.4, 0.5) is 10.1 Å². The average molecular weight is 327 g/mol. The predicted octanol–water partition coefficient (Wildman–Crippen LogP) is 3.01. The van der Waals surface area contributed by atoms with E-state index in [0.29, 0.717) is 12.0 Å². The van der Waals surface area contributed by atoms with Gasteiger partial charge in [-0.15, -0.1) is 0 Å². The van der Waals surface area contributed by atoms with Gasteiger partial charge in [-0.3, -0.25) is 14.7 Å². The number of rotatable bonds is 6. The number of halogens is 1. The molecule has 0 atom stereocenters. The maximum absolute atomic E-state index is 12.9. The second-order valence-corrected chi connectivity index (χ2v) is 6.07. The standard InChI is InChI=1S/C19H22FN3O/c20-17-7-5-16(6-8-17)19(24)4-2-10-22-11-13-23(14-12-22)18-3-1-9-21-15-18/h1,3,5-9,15H,2,4,10-14H2. The molecule has 2 aromatic rings. The molecule has 1 aliphatic heterocycles. The fourth-order valence-corrected chi connectivity index (χ4v) is 3.01. The topological polar surface area (TPSA) is 36.4 Å². The zero-order chi connectivity index (χ0) is 16.8. The molecule has 3 rings (SSSR count). The molecule has 1 fully saturated rings. The Morgan fingerprint density at radius 1 is 1.08 bits per heavy atom. The summed E-state index contributed by atoms with van der Waals surface area (Å²) in [6.45, 7) is 4.89. The van der Waals surface area contributed by atoms with E-state index < -0.39 is 0 Å². The summed E-state index contributed by atoms with van der Waals surface area (Å²) in [7, 11) is 0. The third kappa shape index (κ3) is 4.38. The first-order valence-corrected chi connectivity index (χ1v) is 8.38. The lowest BCUT2D eigenvalue weighted by atomic mass is 10.1. The first-order chi connectivity index (χ1) is 11.7. The Hall–Kier alpha value is -2.27. The van der Waals surface area contributed by atoms with E-state index in [2.05, 4.69) is 20.9 Å². The summed E-state index contributed by atoms with van der Waals surface area (Å²) in [6.07, 6.45) is 5.03. The van der Waals surface area contributed by atoms with Crippen molar-refractivity contribution in [3.63, 3.8) is 0 Å². The van der Waals surface area contributed by atoms with Gasteiger partial charge in [0.05, 0.1) is 11.9 Å². The maximum Gasteiger partial charge on any atom is 0.162 e. The molecule has 1 aliphatic rings. The third-order valence-corrected chi connectivity index (χ3v) is 4.43. The van der Waals surface area contributed by atoms with Gasteiger partial charge in [0.1, 0.15) is 5.82 Å². The molecule has 1 aromatic heterocycles. The van der Waals surface area contributed by atoms with Gasteiger partial charge < -0.3 is 4.90 Å². The molecule has 0 unspecified atom stereocenters. The Morgan fingerprint density at radius 2 is 1.83 bits per heavy atom. The van der Waals surface area contributed by atoms with Gasteiger partial charge in [-0.1, -0.05) is 0 Å². The molecule has 1 saturated heterocycles. The summed E-state index contributed by atoms with van der Waals surface area (Å²) >= 11 is 0. The summed E-state index contributed by atoms with van der Waals surface area (Å²) in [5.41, 5.74) is 1.77. The van der Waals surface area contributed by atoms with Crippen LogP contribution < -0.4 is 4.90 Å². The van der Waals surface area contributed by atoms with Gasteiger partial charge in [-0.2, -0.15) is 0 Å². The van der Waals surface area contributed by atoms with E-state index in [-0.39, 0.29) is 11.6 Å². The van der Waals surface area contributed by atoms with Crippen LogP contribution in [0.2, 0.25) is 0 Å². The van der Waals surface area contributed by atoms with E-state index in [1.807, 2.05) is 12.3 Å². The molecular formula is C19H22FN3O. The van der Waals surface area contributed by atoms with Crippen molar-refractivity contribution in [2.24, 2.45) is 0 Å². The van der Waals surface area contributed by atoms with Gasteiger partial charge in [-0.05, 0) is 49.4 Å². The molecule has 0 N–H and O–H groups in total. The number of Topliss-reactive ketones (excluding diaryl/α,β-unsaturated/α-hetero) is 1. The number of anilines is 1. The molecule has 0 amide bonds. The van der Waals surface area contributed by atoms with Crippen molar-refractivity contribution in [3.8, 4) is 0 Å². The normalized spacial score (nSPS) is 15.5. The molecular weight excluding hydrogens is 305 g/mol. The van der Waals surface area contributed by atoms with Crippen LogP contribution >= 0.6 is 0 Å². The van der Waals surface area contributed by atoms with Crippen molar-refractivity contribution < 1.29 is 9.18 Å². The third-order valence-electron chi connectivity index (χ3n) is 4.43. The summed E-state index contributed by atoms with van der Waals surface area (Å²) in [5, 5.41) is 0. The summed E-state index contributed by atoms with van der Waals surface area (Å²) in [5.74, 6) is -0.220. The van der Waals surface area contributed by atoms with Gasteiger partial charge in [0.15, 0.2) is 5.78 Å². The predicted molar refractivity (Wildman–Crippen MR) is 92.9 cm³/mol. The first-order valence-electron chi connectivity index (χ1n) is 8.38. The Kier molecular flexibility index (Phi) is 5.54. The number of pyridine rings is 1. The molecule has 0 saturated carbocycles. The highest BCUT2D eigenvalue weighted by atomic mass is 19.1. The lowest BCUT2D eigenvalue weighted by Crippen LogP contribution is -2.46. The van der Waals surface area contributed by atoms with Crippen LogP contribution in [0, 0.1) is 5.82 Å². The molecule has 0 bridgehead atoms. The molecule has 0 aliphatic carbocycles. The molecule has 0 spiro atoms. The Morgan fingerprint density at radius 3 is 2.50 bits per heavy atom. The molecule has 126 valence electrons. The van der Waals surface area contributed by atoms with Crippen molar-refractivity contribution in [3.05, 3.63) is 60.2 Å². The van der Waals surface area contributed by atoms with Gasteiger partial charge in [0.25, 0.3) is 0 Å². The molecule has 2 heterocycles. The van der Waals surface area contributed by atoms with Gasteiger partial charge in [0.2, 0.25) is 0 Å². The number of carbonyl (C=O) groups excluding carboxylic acids is 1. The number of hydrogen-bond acceptors (Lipinski definition) is 4. The maximum atomic E-state index is 12.9. The lowest BCUT2D eigenvalue weighted by Gasteiger charge is -2.35. The first kappa shape index (κ1) is 16.6. The zero-order valence-electron chi connectivity index (χ0n) is 13.7. The van der Waals surface area contributed by atoms with Crippen LogP contribution in [0.1, 0.15) is 23.2 Å². The summed E-state index contributed by atoms with van der Waals surface area (Å²) in [4.78, 5) is 21.0. The Balaban J connectivity index is 1.39. The van der Waals surface area contributed by atoms with Gasteiger partial charge in [-0.25, -0.2) is 4.39 Å². The lowest BCUT2D eigenvalue weighted by molar-refractivity contribution is 0.0974. The van der Waals surface area contributed by atoms with Crippen molar-refractivity contribution >= 4 is 11.5 Å². The van der Waals surface area contributed by atoms with E-state index >= 15 is 0 Å². The van der Waals surface area contributed by atoms with Crippen LogP contribution in [-0.4, -0.2) is 48.4 Å². The number of aromatic nitrogens is 1. The summed E-state index contributed by atoms with van der Waals surface area (Å²) in [6, 6.07) is 9.84. The van der Waals surface area contributed by atoms with E-state index in [9.17, 15) is 9.18 Å². The largest absolute Gasteiger partial charge is 0.368 e.